The summed E-state index contributed by atoms with van der Waals surface area (Å²) in [4.78, 5) is 51.4. The lowest BCUT2D eigenvalue weighted by atomic mass is 9.87. The molecule has 1 aromatic carbocycles. The van der Waals surface area contributed by atoms with Gasteiger partial charge in [0.25, 0.3) is 5.91 Å². The summed E-state index contributed by atoms with van der Waals surface area (Å²) in [6.45, 7) is 1.63. The number of amides is 6. The van der Waals surface area contributed by atoms with Gasteiger partial charge < -0.3 is 10.6 Å². The van der Waals surface area contributed by atoms with E-state index in [0.717, 1.165) is 9.78 Å². The third-order valence-electron chi connectivity index (χ3n) is 4.76. The van der Waals surface area contributed by atoms with Crippen molar-refractivity contribution in [3.63, 3.8) is 0 Å². The second-order valence-electron chi connectivity index (χ2n) is 6.58. The molecular weight excluding hydrogens is 392 g/mol. The molecule has 8 nitrogen and oxygen atoms in total. The van der Waals surface area contributed by atoms with Gasteiger partial charge in [0.05, 0.1) is 0 Å². The summed E-state index contributed by atoms with van der Waals surface area (Å²) in [6, 6.07) is 11.4. The van der Waals surface area contributed by atoms with Crippen LogP contribution < -0.4 is 16.0 Å². The van der Waals surface area contributed by atoms with Crippen LogP contribution in [0.4, 0.5) is 9.59 Å². The first-order valence-electron chi connectivity index (χ1n) is 9.26. The van der Waals surface area contributed by atoms with E-state index in [9.17, 15) is 19.2 Å². The van der Waals surface area contributed by atoms with Gasteiger partial charge in [-0.15, -0.1) is 11.3 Å². The van der Waals surface area contributed by atoms with Crippen LogP contribution in [0.15, 0.2) is 47.8 Å². The van der Waals surface area contributed by atoms with E-state index in [-0.39, 0.29) is 0 Å². The molecule has 0 radical (unpaired) electrons. The van der Waals surface area contributed by atoms with E-state index in [1.165, 1.54) is 0 Å². The van der Waals surface area contributed by atoms with Crippen molar-refractivity contribution in [3.8, 4) is 0 Å². The fourth-order valence-electron chi connectivity index (χ4n) is 3.24. The average Bonchev–Trinajstić information content (AvgIpc) is 3.31. The van der Waals surface area contributed by atoms with Gasteiger partial charge in [-0.3, -0.25) is 19.8 Å². The molecule has 152 valence electrons. The number of carbonyl (C=O) groups is 4. The third-order valence-corrected chi connectivity index (χ3v) is 5.70. The predicted molar refractivity (Wildman–Crippen MR) is 108 cm³/mol. The van der Waals surface area contributed by atoms with Crippen LogP contribution in [-0.4, -0.2) is 41.9 Å². The van der Waals surface area contributed by atoms with Crippen molar-refractivity contribution in [3.05, 3.63) is 58.3 Å². The van der Waals surface area contributed by atoms with E-state index in [2.05, 4.69) is 16.0 Å². The molecule has 29 heavy (non-hydrogen) atoms. The largest absolute Gasteiger partial charge is 0.337 e. The molecule has 1 saturated heterocycles. The second kappa shape index (κ2) is 8.87. The number of rotatable bonds is 7. The fraction of sp³-hybridized carbons (Fsp3) is 0.300. The zero-order valence-corrected chi connectivity index (χ0v) is 16.8. The van der Waals surface area contributed by atoms with E-state index < -0.39 is 36.0 Å². The van der Waals surface area contributed by atoms with Crippen LogP contribution in [0.3, 0.4) is 0 Å². The third kappa shape index (κ3) is 4.45. The van der Waals surface area contributed by atoms with Gasteiger partial charge in [0, 0.05) is 11.4 Å². The zero-order valence-electron chi connectivity index (χ0n) is 15.9. The summed E-state index contributed by atoms with van der Waals surface area (Å²) in [5.74, 6) is -1.24. The molecular formula is C20H22N4O4S. The molecule has 2 aromatic rings. The summed E-state index contributed by atoms with van der Waals surface area (Å²) < 4.78 is 0. The van der Waals surface area contributed by atoms with Crippen molar-refractivity contribution < 1.29 is 19.2 Å². The molecule has 1 unspecified atom stereocenters. The number of nitrogens with one attached hydrogen (secondary N) is 3. The molecule has 1 aliphatic heterocycles. The molecule has 0 saturated carbocycles. The molecule has 9 heteroatoms. The molecule has 1 aromatic heterocycles. The minimum atomic E-state index is -1.21. The Kier molecular flexibility index (Phi) is 6.28. The Morgan fingerprint density at radius 2 is 1.90 bits per heavy atom. The minimum Gasteiger partial charge on any atom is -0.337 e. The van der Waals surface area contributed by atoms with Gasteiger partial charge in [-0.25, -0.2) is 9.59 Å². The number of benzene rings is 1. The highest BCUT2D eigenvalue weighted by molar-refractivity contribution is 7.09. The van der Waals surface area contributed by atoms with Crippen molar-refractivity contribution in [1.29, 1.82) is 0 Å². The Morgan fingerprint density at radius 1 is 1.14 bits per heavy atom. The maximum Gasteiger partial charge on any atom is 0.325 e. The summed E-state index contributed by atoms with van der Waals surface area (Å²) in [7, 11) is 0. The SMILES string of the molecule is CCC1(c2ccccc2)NC(=O)N(CC(=O)NC(=O)NCCc2cccs2)C1=O. The number of carbonyl (C=O) groups excluding carboxylic acids is 4. The van der Waals surface area contributed by atoms with Crippen molar-refractivity contribution in [2.24, 2.45) is 0 Å². The van der Waals surface area contributed by atoms with Gasteiger partial charge in [0.2, 0.25) is 5.91 Å². The number of hydrogen-bond acceptors (Lipinski definition) is 5. The van der Waals surface area contributed by atoms with Gasteiger partial charge in [-0.05, 0) is 29.9 Å². The monoisotopic (exact) mass is 414 g/mol. The van der Waals surface area contributed by atoms with Crippen LogP contribution in [0.1, 0.15) is 23.8 Å². The molecule has 1 fully saturated rings. The van der Waals surface area contributed by atoms with Gasteiger partial charge in [0.1, 0.15) is 12.1 Å². The average molecular weight is 414 g/mol. The van der Waals surface area contributed by atoms with Crippen molar-refractivity contribution in [2.75, 3.05) is 13.1 Å². The maximum atomic E-state index is 13.0. The summed E-state index contributed by atoms with van der Waals surface area (Å²) in [5, 5.41) is 9.39. The van der Waals surface area contributed by atoms with Gasteiger partial charge in [-0.1, -0.05) is 43.3 Å². The molecule has 3 N–H and O–H groups in total. The lowest BCUT2D eigenvalue weighted by molar-refractivity contribution is -0.135. The second-order valence-corrected chi connectivity index (χ2v) is 7.61. The van der Waals surface area contributed by atoms with Gasteiger partial charge in [0.15, 0.2) is 0 Å². The first-order chi connectivity index (χ1) is 14.0. The van der Waals surface area contributed by atoms with Crippen LogP contribution >= 0.6 is 11.3 Å². The predicted octanol–water partition coefficient (Wildman–Crippen LogP) is 1.97. The first-order valence-corrected chi connectivity index (χ1v) is 10.1. The summed E-state index contributed by atoms with van der Waals surface area (Å²) in [6.07, 6.45) is 0.991. The summed E-state index contributed by atoms with van der Waals surface area (Å²) in [5.41, 5.74) is -0.559. The first kappa shape index (κ1) is 20.5. The van der Waals surface area contributed by atoms with Crippen LogP contribution in [0.25, 0.3) is 0 Å². The fourth-order valence-corrected chi connectivity index (χ4v) is 3.95. The van der Waals surface area contributed by atoms with Gasteiger partial charge >= 0.3 is 12.1 Å². The van der Waals surface area contributed by atoms with Crippen molar-refractivity contribution >= 4 is 35.2 Å². The molecule has 2 heterocycles. The molecule has 1 atom stereocenters. The highest BCUT2D eigenvalue weighted by Gasteiger charge is 2.51. The quantitative estimate of drug-likeness (QED) is 0.602. The number of urea groups is 2. The lowest BCUT2D eigenvalue weighted by Gasteiger charge is -2.25. The minimum absolute atomic E-state index is 0.336. The van der Waals surface area contributed by atoms with Crippen molar-refractivity contribution in [1.82, 2.24) is 20.9 Å². The Labute approximate surface area is 172 Å². The van der Waals surface area contributed by atoms with E-state index in [0.29, 0.717) is 24.9 Å². The number of thiophene rings is 1. The molecule has 0 bridgehead atoms. The maximum absolute atomic E-state index is 13.0. The van der Waals surface area contributed by atoms with Crippen molar-refractivity contribution in [2.45, 2.75) is 25.3 Å². The molecule has 0 aliphatic carbocycles. The van der Waals surface area contributed by atoms with Crippen LogP contribution in [0, 0.1) is 0 Å². The van der Waals surface area contributed by atoms with Crippen LogP contribution in [0.5, 0.6) is 0 Å². The Hall–Kier alpha value is -3.20. The van der Waals surface area contributed by atoms with E-state index in [1.807, 2.05) is 23.6 Å². The zero-order chi connectivity index (χ0) is 20.9. The van der Waals surface area contributed by atoms with E-state index in [1.54, 1.807) is 42.5 Å². The number of hydrogen-bond donors (Lipinski definition) is 3. The molecule has 1 aliphatic rings. The normalized spacial score (nSPS) is 18.4. The van der Waals surface area contributed by atoms with Gasteiger partial charge in [-0.2, -0.15) is 0 Å². The topological polar surface area (TPSA) is 108 Å². The highest BCUT2D eigenvalue weighted by atomic mass is 32.1. The summed E-state index contributed by atoms with van der Waals surface area (Å²) >= 11 is 1.58. The molecule has 3 rings (SSSR count). The smallest absolute Gasteiger partial charge is 0.325 e. The van der Waals surface area contributed by atoms with E-state index in [4.69, 9.17) is 0 Å². The highest BCUT2D eigenvalue weighted by Crippen LogP contribution is 2.32. The lowest BCUT2D eigenvalue weighted by Crippen LogP contribution is -2.47. The van der Waals surface area contributed by atoms with E-state index >= 15 is 0 Å². The Morgan fingerprint density at radius 3 is 2.55 bits per heavy atom. The Bertz CT molecular complexity index is 900. The number of nitrogens with zero attached hydrogens (tertiary/aromatic N) is 1. The standard InChI is InChI=1S/C20H22N4O4S/c1-2-20(14-7-4-3-5-8-14)17(26)24(19(28)23-20)13-16(25)22-18(27)21-11-10-15-9-6-12-29-15/h3-9,12H,2,10-11,13H2,1H3,(H,23,28)(H2,21,22,25,27). The number of imide groups is 2. The molecule has 0 spiro atoms. The molecule has 6 amide bonds. The van der Waals surface area contributed by atoms with Crippen LogP contribution in [-0.2, 0) is 21.5 Å². The van der Waals surface area contributed by atoms with Crippen LogP contribution in [0.2, 0.25) is 0 Å². The Balaban J connectivity index is 1.56.